The van der Waals surface area contributed by atoms with E-state index in [9.17, 15) is 22.4 Å². The zero-order valence-corrected chi connectivity index (χ0v) is 15.7. The molecule has 11 heteroatoms. The van der Waals surface area contributed by atoms with Crippen LogP contribution in [-0.4, -0.2) is 75.5 Å². The SMILES string of the molecule is O=C(OCC(=O)N1CCN(S(=O)(=O)c2cccc(F)c2)CC1)C1=COCCO1. The fourth-order valence-electron chi connectivity index (χ4n) is 2.72. The van der Waals surface area contributed by atoms with Gasteiger partial charge in [0.25, 0.3) is 5.91 Å². The third-order valence-electron chi connectivity index (χ3n) is 4.20. The van der Waals surface area contributed by atoms with Crippen LogP contribution < -0.4 is 0 Å². The van der Waals surface area contributed by atoms with Crippen molar-refractivity contribution < 1.29 is 36.6 Å². The first-order chi connectivity index (χ1) is 13.4. The van der Waals surface area contributed by atoms with Crippen LogP contribution in [0.5, 0.6) is 0 Å². The van der Waals surface area contributed by atoms with Gasteiger partial charge in [0.15, 0.2) is 6.61 Å². The molecule has 0 aromatic heterocycles. The maximum Gasteiger partial charge on any atom is 0.377 e. The normalized spacial score (nSPS) is 17.9. The number of carbonyl (C=O) groups excluding carboxylic acids is 2. The zero-order chi connectivity index (χ0) is 20.1. The summed E-state index contributed by atoms with van der Waals surface area (Å²) in [7, 11) is -3.84. The van der Waals surface area contributed by atoms with E-state index in [0.717, 1.165) is 18.4 Å². The Morgan fingerprint density at radius 1 is 1.14 bits per heavy atom. The van der Waals surface area contributed by atoms with Crippen LogP contribution in [0.4, 0.5) is 4.39 Å². The number of sulfonamides is 1. The fourth-order valence-corrected chi connectivity index (χ4v) is 4.17. The molecule has 2 aliphatic heterocycles. The summed E-state index contributed by atoms with van der Waals surface area (Å²) in [5.74, 6) is -2.00. The highest BCUT2D eigenvalue weighted by Crippen LogP contribution is 2.18. The van der Waals surface area contributed by atoms with E-state index in [1.807, 2.05) is 0 Å². The van der Waals surface area contributed by atoms with Gasteiger partial charge in [-0.05, 0) is 18.2 Å². The Morgan fingerprint density at radius 2 is 1.89 bits per heavy atom. The Kier molecular flexibility index (Phi) is 6.15. The molecule has 0 atom stereocenters. The minimum absolute atomic E-state index is 0.0562. The number of hydrogen-bond acceptors (Lipinski definition) is 7. The number of piperazine rings is 1. The highest BCUT2D eigenvalue weighted by atomic mass is 32.2. The molecule has 1 fully saturated rings. The summed E-state index contributed by atoms with van der Waals surface area (Å²) >= 11 is 0. The lowest BCUT2D eigenvalue weighted by Crippen LogP contribution is -2.51. The smallest absolute Gasteiger partial charge is 0.377 e. The zero-order valence-electron chi connectivity index (χ0n) is 14.9. The summed E-state index contributed by atoms with van der Waals surface area (Å²) in [5.41, 5.74) is 0. The van der Waals surface area contributed by atoms with E-state index < -0.39 is 34.3 Å². The van der Waals surface area contributed by atoms with Crippen molar-refractivity contribution in [1.82, 2.24) is 9.21 Å². The van der Waals surface area contributed by atoms with Crippen molar-refractivity contribution in [3.63, 3.8) is 0 Å². The van der Waals surface area contributed by atoms with E-state index in [4.69, 9.17) is 14.2 Å². The second-order valence-corrected chi connectivity index (χ2v) is 7.96. The number of esters is 1. The number of hydrogen-bond donors (Lipinski definition) is 0. The molecule has 9 nitrogen and oxygen atoms in total. The minimum atomic E-state index is -3.84. The molecule has 1 saturated heterocycles. The first-order valence-electron chi connectivity index (χ1n) is 8.53. The van der Waals surface area contributed by atoms with Gasteiger partial charge in [-0.15, -0.1) is 0 Å². The van der Waals surface area contributed by atoms with Crippen molar-refractivity contribution in [3.05, 3.63) is 42.1 Å². The van der Waals surface area contributed by atoms with Gasteiger partial charge >= 0.3 is 5.97 Å². The van der Waals surface area contributed by atoms with Gasteiger partial charge in [0.1, 0.15) is 25.3 Å². The number of amides is 1. The molecule has 1 amide bonds. The van der Waals surface area contributed by atoms with Crippen LogP contribution in [0.15, 0.2) is 41.2 Å². The topological polar surface area (TPSA) is 102 Å². The number of rotatable bonds is 5. The van der Waals surface area contributed by atoms with Gasteiger partial charge in [-0.1, -0.05) is 6.07 Å². The number of halogens is 1. The summed E-state index contributed by atoms with van der Waals surface area (Å²) in [6, 6.07) is 4.77. The molecule has 0 spiro atoms. The molecule has 28 heavy (non-hydrogen) atoms. The van der Waals surface area contributed by atoms with E-state index >= 15 is 0 Å². The monoisotopic (exact) mass is 414 g/mol. The Morgan fingerprint density at radius 3 is 2.54 bits per heavy atom. The molecule has 1 aromatic carbocycles. The molecule has 0 saturated carbocycles. The molecule has 0 unspecified atom stereocenters. The lowest BCUT2D eigenvalue weighted by atomic mass is 10.3. The largest absolute Gasteiger partial charge is 0.493 e. The Bertz CT molecular complexity index is 879. The molecule has 0 N–H and O–H groups in total. The van der Waals surface area contributed by atoms with Crippen LogP contribution >= 0.6 is 0 Å². The van der Waals surface area contributed by atoms with Crippen LogP contribution in [-0.2, 0) is 33.8 Å². The molecule has 2 aliphatic rings. The molecule has 1 aromatic rings. The summed E-state index contributed by atoms with van der Waals surface area (Å²) in [5, 5.41) is 0. The second kappa shape index (κ2) is 8.57. The average Bonchev–Trinajstić information content (AvgIpc) is 2.72. The summed E-state index contributed by atoms with van der Waals surface area (Å²) in [6.45, 7) is 0.438. The van der Waals surface area contributed by atoms with Gasteiger partial charge < -0.3 is 19.1 Å². The van der Waals surface area contributed by atoms with E-state index in [1.165, 1.54) is 21.3 Å². The third-order valence-corrected chi connectivity index (χ3v) is 6.10. The second-order valence-electron chi connectivity index (χ2n) is 6.02. The Labute approximate surface area is 161 Å². The van der Waals surface area contributed by atoms with E-state index in [2.05, 4.69) is 0 Å². The van der Waals surface area contributed by atoms with Gasteiger partial charge in [-0.3, -0.25) is 4.79 Å². The highest BCUT2D eigenvalue weighted by molar-refractivity contribution is 7.89. The van der Waals surface area contributed by atoms with Crippen LogP contribution in [0.3, 0.4) is 0 Å². The van der Waals surface area contributed by atoms with Crippen molar-refractivity contribution in [3.8, 4) is 0 Å². The van der Waals surface area contributed by atoms with Gasteiger partial charge in [0.2, 0.25) is 15.8 Å². The molecular weight excluding hydrogens is 395 g/mol. The quantitative estimate of drug-likeness (QED) is 0.629. The summed E-state index contributed by atoms with van der Waals surface area (Å²) in [4.78, 5) is 25.2. The predicted octanol–water partition coefficient (Wildman–Crippen LogP) is 0.0900. The molecule has 0 aliphatic carbocycles. The van der Waals surface area contributed by atoms with Gasteiger partial charge in [0, 0.05) is 26.2 Å². The van der Waals surface area contributed by atoms with Crippen LogP contribution in [0.25, 0.3) is 0 Å². The number of nitrogens with zero attached hydrogens (tertiary/aromatic N) is 2. The molecule has 152 valence electrons. The van der Waals surface area contributed by atoms with Crippen molar-refractivity contribution in [2.45, 2.75) is 4.90 Å². The maximum atomic E-state index is 13.3. The van der Waals surface area contributed by atoms with E-state index in [1.54, 1.807) is 0 Å². The third kappa shape index (κ3) is 4.60. The van der Waals surface area contributed by atoms with Gasteiger partial charge in [0.05, 0.1) is 4.90 Å². The van der Waals surface area contributed by atoms with Crippen molar-refractivity contribution in [1.29, 1.82) is 0 Å². The summed E-state index contributed by atoms with van der Waals surface area (Å²) < 4.78 is 54.5. The number of ether oxygens (including phenoxy) is 3. The standard InChI is InChI=1S/C17H19FN2O7S/c18-13-2-1-3-14(10-13)28(23,24)20-6-4-19(5-7-20)16(21)12-27-17(22)15-11-25-8-9-26-15/h1-3,10-11H,4-9,12H2. The lowest BCUT2D eigenvalue weighted by Gasteiger charge is -2.33. The van der Waals surface area contributed by atoms with Crippen LogP contribution in [0, 0.1) is 5.82 Å². The molecule has 3 rings (SSSR count). The first-order valence-corrected chi connectivity index (χ1v) is 9.97. The first kappa shape index (κ1) is 20.1. The lowest BCUT2D eigenvalue weighted by molar-refractivity contribution is -0.153. The molecule has 0 bridgehead atoms. The fraction of sp³-hybridized carbons (Fsp3) is 0.412. The van der Waals surface area contributed by atoms with Crippen molar-refractivity contribution >= 4 is 21.9 Å². The molecular formula is C17H19FN2O7S. The number of carbonyl (C=O) groups is 2. The van der Waals surface area contributed by atoms with Gasteiger partial charge in [-0.2, -0.15) is 4.31 Å². The molecule has 2 heterocycles. The minimum Gasteiger partial charge on any atom is -0.493 e. The highest BCUT2D eigenvalue weighted by Gasteiger charge is 2.30. The summed E-state index contributed by atoms with van der Waals surface area (Å²) in [6.07, 6.45) is 1.13. The van der Waals surface area contributed by atoms with Crippen molar-refractivity contribution in [2.24, 2.45) is 0 Å². The number of benzene rings is 1. The van der Waals surface area contributed by atoms with E-state index in [0.29, 0.717) is 6.61 Å². The predicted molar refractivity (Wildman–Crippen MR) is 92.7 cm³/mol. The van der Waals surface area contributed by atoms with Gasteiger partial charge in [-0.25, -0.2) is 17.6 Å². The Balaban J connectivity index is 1.51. The average molecular weight is 414 g/mol. The molecule has 0 radical (unpaired) electrons. The maximum absolute atomic E-state index is 13.3. The van der Waals surface area contributed by atoms with E-state index in [-0.39, 0.29) is 43.4 Å². The Hall–Kier alpha value is -2.66. The van der Waals surface area contributed by atoms with Crippen LogP contribution in [0.2, 0.25) is 0 Å². The van der Waals surface area contributed by atoms with Crippen molar-refractivity contribution in [2.75, 3.05) is 46.0 Å². The van der Waals surface area contributed by atoms with Crippen LogP contribution in [0.1, 0.15) is 0 Å².